The topological polar surface area (TPSA) is 92.3 Å². The van der Waals surface area contributed by atoms with Gasteiger partial charge in [0, 0.05) is 24.5 Å². The van der Waals surface area contributed by atoms with E-state index in [1.165, 1.54) is 19.1 Å². The molecule has 114 valence electrons. The molecule has 6 nitrogen and oxygen atoms in total. The Bertz CT molecular complexity index is 622. The Balaban J connectivity index is 2.69. The van der Waals surface area contributed by atoms with Crippen LogP contribution in [0, 0.1) is 0 Å². The van der Waals surface area contributed by atoms with E-state index in [-0.39, 0.29) is 22.9 Å². The monoisotopic (exact) mass is 320 g/mol. The van der Waals surface area contributed by atoms with Crippen molar-refractivity contribution in [1.29, 1.82) is 0 Å². The van der Waals surface area contributed by atoms with E-state index in [9.17, 15) is 16.8 Å². The summed E-state index contributed by atoms with van der Waals surface area (Å²) in [6.45, 7) is 4.11. The molecule has 0 amide bonds. The molecule has 0 aromatic heterocycles. The maximum absolute atomic E-state index is 11.9. The van der Waals surface area contributed by atoms with Crippen molar-refractivity contribution < 1.29 is 16.8 Å². The molecule has 0 radical (unpaired) electrons. The second-order valence-corrected chi connectivity index (χ2v) is 8.43. The minimum atomic E-state index is -3.66. The lowest BCUT2D eigenvalue weighted by Crippen LogP contribution is -2.29. The summed E-state index contributed by atoms with van der Waals surface area (Å²) in [5, 5.41) is 3.06. The maximum atomic E-state index is 11.9. The molecule has 0 spiro atoms. The van der Waals surface area contributed by atoms with Crippen LogP contribution in [0.3, 0.4) is 0 Å². The summed E-state index contributed by atoms with van der Waals surface area (Å²) in [4.78, 5) is 0.119. The van der Waals surface area contributed by atoms with Gasteiger partial charge in [0.25, 0.3) is 0 Å². The molecule has 8 heteroatoms. The first-order valence-corrected chi connectivity index (χ1v) is 9.65. The maximum Gasteiger partial charge on any atom is 0.240 e. The lowest BCUT2D eigenvalue weighted by atomic mass is 10.3. The van der Waals surface area contributed by atoms with Crippen molar-refractivity contribution in [3.8, 4) is 0 Å². The summed E-state index contributed by atoms with van der Waals surface area (Å²) in [6, 6.07) is 6.30. The molecule has 20 heavy (non-hydrogen) atoms. The molecule has 0 atom stereocenters. The average Bonchev–Trinajstić information content (AvgIpc) is 2.39. The molecule has 2 N–H and O–H groups in total. The van der Waals surface area contributed by atoms with E-state index < -0.39 is 19.9 Å². The van der Waals surface area contributed by atoms with Gasteiger partial charge in [-0.05, 0) is 31.2 Å². The second kappa shape index (κ2) is 7.05. The van der Waals surface area contributed by atoms with Gasteiger partial charge in [0.1, 0.15) is 0 Å². The summed E-state index contributed by atoms with van der Waals surface area (Å²) in [5.41, 5.74) is 0.833. The third kappa shape index (κ3) is 5.10. The highest BCUT2D eigenvalue weighted by Gasteiger charge is 2.15. The largest absolute Gasteiger partial charge is 0.385 e. The van der Waals surface area contributed by atoms with Gasteiger partial charge >= 0.3 is 0 Å². The van der Waals surface area contributed by atoms with Gasteiger partial charge in [-0.25, -0.2) is 21.6 Å². The van der Waals surface area contributed by atoms with Gasteiger partial charge in [0.2, 0.25) is 10.0 Å². The van der Waals surface area contributed by atoms with Crippen molar-refractivity contribution in [2.75, 3.05) is 29.9 Å². The number of sulfone groups is 1. The van der Waals surface area contributed by atoms with E-state index in [2.05, 4.69) is 10.0 Å². The van der Waals surface area contributed by atoms with Crippen molar-refractivity contribution >= 4 is 25.5 Å². The molecule has 0 bridgehead atoms. The van der Waals surface area contributed by atoms with Crippen molar-refractivity contribution in [3.05, 3.63) is 24.3 Å². The van der Waals surface area contributed by atoms with Gasteiger partial charge in [-0.2, -0.15) is 0 Å². The van der Waals surface area contributed by atoms with Crippen LogP contribution in [0.1, 0.15) is 13.8 Å². The Morgan fingerprint density at radius 1 is 1.00 bits per heavy atom. The average molecular weight is 320 g/mol. The Kier molecular flexibility index (Phi) is 5.97. The number of anilines is 1. The van der Waals surface area contributed by atoms with E-state index in [1.54, 1.807) is 12.1 Å². The van der Waals surface area contributed by atoms with Crippen molar-refractivity contribution in [2.45, 2.75) is 18.7 Å². The highest BCUT2D eigenvalue weighted by molar-refractivity contribution is 7.91. The number of hydrogen-bond donors (Lipinski definition) is 2. The van der Waals surface area contributed by atoms with Crippen LogP contribution in [0.2, 0.25) is 0 Å². The van der Waals surface area contributed by atoms with Crippen LogP contribution in [-0.4, -0.2) is 41.4 Å². The minimum Gasteiger partial charge on any atom is -0.385 e. The summed E-state index contributed by atoms with van der Waals surface area (Å²) in [5.74, 6) is -0.190. The number of hydrogen-bond acceptors (Lipinski definition) is 5. The van der Waals surface area contributed by atoms with Crippen LogP contribution in [0.4, 0.5) is 5.69 Å². The summed E-state index contributed by atoms with van der Waals surface area (Å²) in [6.07, 6.45) is 0. The highest BCUT2D eigenvalue weighted by Crippen LogP contribution is 2.13. The SMILES string of the molecule is CCNc1ccc(S(=O)(=O)NCCS(=O)(=O)CC)cc1. The third-order valence-electron chi connectivity index (χ3n) is 2.69. The predicted molar refractivity (Wildman–Crippen MR) is 80.1 cm³/mol. The second-order valence-electron chi connectivity index (χ2n) is 4.19. The summed E-state index contributed by atoms with van der Waals surface area (Å²) in [7, 11) is -6.84. The molecule has 1 rings (SSSR count). The zero-order valence-corrected chi connectivity index (χ0v) is 13.2. The minimum absolute atomic E-state index is 0.00606. The van der Waals surface area contributed by atoms with E-state index >= 15 is 0 Å². The molecule has 1 aromatic rings. The molecule has 0 aliphatic heterocycles. The van der Waals surface area contributed by atoms with Crippen LogP contribution in [-0.2, 0) is 19.9 Å². The smallest absolute Gasteiger partial charge is 0.240 e. The van der Waals surface area contributed by atoms with E-state index in [1.807, 2.05) is 6.92 Å². The number of nitrogens with one attached hydrogen (secondary N) is 2. The molecular formula is C12H20N2O4S2. The molecule has 0 saturated carbocycles. The summed E-state index contributed by atoms with van der Waals surface area (Å²) < 4.78 is 48.8. The number of sulfonamides is 1. The quantitative estimate of drug-likeness (QED) is 0.740. The first-order valence-electron chi connectivity index (χ1n) is 6.34. The standard InChI is InChI=1S/C12H20N2O4S2/c1-3-13-11-5-7-12(8-6-11)20(17,18)14-9-10-19(15,16)4-2/h5-8,13-14H,3-4,9-10H2,1-2H3. The van der Waals surface area contributed by atoms with Crippen LogP contribution < -0.4 is 10.0 Å². The third-order valence-corrected chi connectivity index (χ3v) is 5.87. The number of rotatable bonds is 8. The first-order chi connectivity index (χ1) is 9.30. The van der Waals surface area contributed by atoms with Crippen molar-refractivity contribution in [1.82, 2.24) is 4.72 Å². The van der Waals surface area contributed by atoms with Crippen LogP contribution in [0.25, 0.3) is 0 Å². The Hall–Kier alpha value is -1.12. The van der Waals surface area contributed by atoms with Gasteiger partial charge < -0.3 is 5.32 Å². The highest BCUT2D eigenvalue weighted by atomic mass is 32.2. The predicted octanol–water partition coefficient (Wildman–Crippen LogP) is 0.831. The molecule has 0 aliphatic rings. The van der Waals surface area contributed by atoms with Gasteiger partial charge in [-0.3, -0.25) is 0 Å². The fourth-order valence-electron chi connectivity index (χ4n) is 1.52. The fraction of sp³-hybridized carbons (Fsp3) is 0.500. The van der Waals surface area contributed by atoms with E-state index in [0.29, 0.717) is 0 Å². The van der Waals surface area contributed by atoms with Gasteiger partial charge in [0.15, 0.2) is 9.84 Å². The zero-order valence-electron chi connectivity index (χ0n) is 11.6. The molecule has 0 heterocycles. The van der Waals surface area contributed by atoms with Gasteiger partial charge in [-0.15, -0.1) is 0 Å². The Morgan fingerprint density at radius 3 is 2.10 bits per heavy atom. The Morgan fingerprint density at radius 2 is 1.60 bits per heavy atom. The van der Waals surface area contributed by atoms with Crippen molar-refractivity contribution in [3.63, 3.8) is 0 Å². The molecular weight excluding hydrogens is 300 g/mol. The van der Waals surface area contributed by atoms with Crippen molar-refractivity contribution in [2.24, 2.45) is 0 Å². The normalized spacial score (nSPS) is 12.3. The lowest BCUT2D eigenvalue weighted by molar-refractivity contribution is 0.581. The number of benzene rings is 1. The Labute approximate surface area is 120 Å². The lowest BCUT2D eigenvalue weighted by Gasteiger charge is -2.08. The molecule has 0 aliphatic carbocycles. The van der Waals surface area contributed by atoms with Gasteiger partial charge in [0.05, 0.1) is 10.6 Å². The van der Waals surface area contributed by atoms with Gasteiger partial charge in [-0.1, -0.05) is 6.92 Å². The van der Waals surface area contributed by atoms with Crippen LogP contribution >= 0.6 is 0 Å². The van der Waals surface area contributed by atoms with Crippen LogP contribution in [0.15, 0.2) is 29.2 Å². The molecule has 0 unspecified atom stereocenters. The first kappa shape index (κ1) is 16.9. The summed E-state index contributed by atoms with van der Waals surface area (Å²) >= 11 is 0. The zero-order chi connectivity index (χ0) is 15.2. The van der Waals surface area contributed by atoms with Crippen LogP contribution in [0.5, 0.6) is 0 Å². The molecule has 0 fully saturated rings. The molecule has 0 saturated heterocycles. The fourth-order valence-corrected chi connectivity index (χ4v) is 3.38. The van der Waals surface area contributed by atoms with E-state index in [0.717, 1.165) is 12.2 Å². The van der Waals surface area contributed by atoms with E-state index in [4.69, 9.17) is 0 Å². The molecule has 1 aromatic carbocycles.